The van der Waals surface area contributed by atoms with Crippen molar-refractivity contribution in [3.8, 4) is 23.7 Å². The van der Waals surface area contributed by atoms with Crippen LogP contribution in [0.1, 0.15) is 39.6 Å². The van der Waals surface area contributed by atoms with Crippen LogP contribution in [0.2, 0.25) is 0 Å². The summed E-state index contributed by atoms with van der Waals surface area (Å²) in [5, 5.41) is 18.7. The standard InChI is InChI=1S/C30H21B2F4N7O/c31-30(32,21-6-8-23(14-37)38-16-21)44-24-9-3-19(4-10-24)1-2-20-5-12-28(39-15-20)29(35,36)26(17-43-18-40-41-42-43)25-11-7-22(33)13-27(25)34/h3-13,15-16,18,26H,17,31-32H2. The molecule has 3 aromatic heterocycles. The van der Waals surface area contributed by atoms with Crippen molar-refractivity contribution in [1.29, 1.82) is 5.26 Å². The van der Waals surface area contributed by atoms with E-state index in [4.69, 9.17) is 10.00 Å². The minimum atomic E-state index is -3.67. The van der Waals surface area contributed by atoms with E-state index in [2.05, 4.69) is 37.3 Å². The molecular formula is C30H21B2F4N7O. The lowest BCUT2D eigenvalue weighted by molar-refractivity contribution is -0.0455. The van der Waals surface area contributed by atoms with Gasteiger partial charge in [0, 0.05) is 29.6 Å². The van der Waals surface area contributed by atoms with Crippen LogP contribution in [0.3, 0.4) is 0 Å². The predicted octanol–water partition coefficient (Wildman–Crippen LogP) is 3.04. The predicted molar refractivity (Wildman–Crippen MR) is 156 cm³/mol. The van der Waals surface area contributed by atoms with Crippen LogP contribution < -0.4 is 4.74 Å². The summed E-state index contributed by atoms with van der Waals surface area (Å²) >= 11 is 0. The summed E-state index contributed by atoms with van der Waals surface area (Å²) in [7, 11) is 3.77. The number of aromatic nitrogens is 6. The number of hydrogen-bond acceptors (Lipinski definition) is 7. The first-order chi connectivity index (χ1) is 21.0. The van der Waals surface area contributed by atoms with Crippen molar-refractivity contribution in [3.05, 3.63) is 131 Å². The van der Waals surface area contributed by atoms with Gasteiger partial charge in [-0.1, -0.05) is 24.0 Å². The van der Waals surface area contributed by atoms with Crippen LogP contribution in [0.15, 0.2) is 85.5 Å². The fourth-order valence-electron chi connectivity index (χ4n) is 4.41. The second-order valence-electron chi connectivity index (χ2n) is 10.2. The van der Waals surface area contributed by atoms with Crippen molar-refractivity contribution in [3.63, 3.8) is 0 Å². The van der Waals surface area contributed by atoms with Gasteiger partial charge in [-0.25, -0.2) is 18.4 Å². The van der Waals surface area contributed by atoms with E-state index in [9.17, 15) is 8.78 Å². The molecule has 0 saturated carbocycles. The van der Waals surface area contributed by atoms with Gasteiger partial charge >= 0.3 is 0 Å². The van der Waals surface area contributed by atoms with Crippen LogP contribution >= 0.6 is 0 Å². The van der Waals surface area contributed by atoms with Crippen LogP contribution in [0.4, 0.5) is 17.6 Å². The molecule has 0 aliphatic rings. The van der Waals surface area contributed by atoms with Gasteiger partial charge in [-0.2, -0.15) is 14.0 Å². The minimum Gasteiger partial charge on any atom is -0.501 e. The normalized spacial score (nSPS) is 12.1. The van der Waals surface area contributed by atoms with Crippen LogP contribution in [0, 0.1) is 34.8 Å². The Hall–Kier alpha value is -5.49. The third-order valence-corrected chi connectivity index (χ3v) is 6.79. The summed E-state index contributed by atoms with van der Waals surface area (Å²) in [5.74, 6) is -1.01. The van der Waals surface area contributed by atoms with Gasteiger partial charge in [0.15, 0.2) is 15.7 Å². The van der Waals surface area contributed by atoms with E-state index in [1.54, 1.807) is 42.6 Å². The Balaban J connectivity index is 1.31. The summed E-state index contributed by atoms with van der Waals surface area (Å²) in [4.78, 5) is 8.02. The van der Waals surface area contributed by atoms with Crippen LogP contribution in [0.25, 0.3) is 0 Å². The van der Waals surface area contributed by atoms with Crippen molar-refractivity contribution < 1.29 is 22.3 Å². The van der Waals surface area contributed by atoms with Gasteiger partial charge < -0.3 is 4.74 Å². The number of rotatable bonds is 8. The van der Waals surface area contributed by atoms with E-state index >= 15 is 8.78 Å². The smallest absolute Gasteiger partial charge is 0.298 e. The van der Waals surface area contributed by atoms with Crippen molar-refractivity contribution >= 4 is 15.7 Å². The molecule has 0 aliphatic heterocycles. The van der Waals surface area contributed by atoms with Gasteiger partial charge in [-0.3, -0.25) is 4.98 Å². The Bertz CT molecular complexity index is 1850. The molecule has 0 amide bonds. The van der Waals surface area contributed by atoms with Gasteiger partial charge in [0.2, 0.25) is 0 Å². The van der Waals surface area contributed by atoms with Crippen molar-refractivity contribution in [2.45, 2.75) is 23.8 Å². The number of nitrogens with zero attached hydrogens (tertiary/aromatic N) is 7. The van der Waals surface area contributed by atoms with Gasteiger partial charge in [-0.05, 0) is 70.1 Å². The average Bonchev–Trinajstić information content (AvgIpc) is 3.53. The molecule has 44 heavy (non-hydrogen) atoms. The van der Waals surface area contributed by atoms with Crippen molar-refractivity contribution in [2.24, 2.45) is 0 Å². The molecule has 0 saturated heterocycles. The number of alkyl halides is 2. The summed E-state index contributed by atoms with van der Waals surface area (Å²) in [6.07, 6.45) is 3.93. The van der Waals surface area contributed by atoms with Crippen molar-refractivity contribution in [1.82, 2.24) is 30.2 Å². The molecule has 2 aromatic carbocycles. The summed E-state index contributed by atoms with van der Waals surface area (Å²) in [5.41, 5.74) is 1.12. The van der Waals surface area contributed by atoms with Crippen molar-refractivity contribution in [2.75, 3.05) is 0 Å². The molecule has 1 unspecified atom stereocenters. The van der Waals surface area contributed by atoms with E-state index in [0.29, 0.717) is 28.6 Å². The summed E-state index contributed by atoms with van der Waals surface area (Å²) < 4.78 is 66.9. The SMILES string of the molecule is BC(B)(Oc1ccc(C#Cc2ccc(C(F)(F)C(Cn3cnnn3)c3ccc(F)cc3F)nc2)cc1)c1ccc(C#N)nc1. The first-order valence-electron chi connectivity index (χ1n) is 13.2. The molecule has 14 heteroatoms. The zero-order chi connectivity index (χ0) is 31.3. The Morgan fingerprint density at radius 3 is 2.27 bits per heavy atom. The number of hydrogen-bond donors (Lipinski definition) is 0. The maximum atomic E-state index is 15.8. The highest BCUT2D eigenvalue weighted by Gasteiger charge is 2.45. The molecule has 1 atom stereocenters. The van der Waals surface area contributed by atoms with Gasteiger partial charge in [0.05, 0.1) is 17.9 Å². The Morgan fingerprint density at radius 1 is 0.909 bits per heavy atom. The van der Waals surface area contributed by atoms with Crippen LogP contribution in [-0.4, -0.2) is 45.9 Å². The number of nitriles is 1. The number of ether oxygens (including phenoxy) is 1. The summed E-state index contributed by atoms with van der Waals surface area (Å²) in [6, 6.07) is 17.4. The van der Waals surface area contributed by atoms with E-state index in [-0.39, 0.29) is 0 Å². The van der Waals surface area contributed by atoms with E-state index < -0.39 is 46.7 Å². The molecule has 5 aromatic rings. The van der Waals surface area contributed by atoms with Crippen LogP contribution in [-0.2, 0) is 17.9 Å². The van der Waals surface area contributed by atoms with E-state index in [0.717, 1.165) is 34.8 Å². The van der Waals surface area contributed by atoms with Crippen LogP contribution in [0.5, 0.6) is 5.75 Å². The average molecular weight is 593 g/mol. The molecule has 0 bridgehead atoms. The Morgan fingerprint density at radius 2 is 1.66 bits per heavy atom. The Labute approximate surface area is 251 Å². The first kappa shape index (κ1) is 30.0. The highest BCUT2D eigenvalue weighted by atomic mass is 19.3. The number of tetrazole rings is 1. The zero-order valence-corrected chi connectivity index (χ0v) is 23.4. The largest absolute Gasteiger partial charge is 0.501 e. The maximum Gasteiger partial charge on any atom is 0.298 e. The molecule has 216 valence electrons. The van der Waals surface area contributed by atoms with Gasteiger partial charge in [0.25, 0.3) is 5.92 Å². The highest BCUT2D eigenvalue weighted by molar-refractivity contribution is 6.39. The van der Waals surface area contributed by atoms with E-state index in [1.807, 2.05) is 21.8 Å². The molecule has 0 radical (unpaired) electrons. The number of pyridine rings is 2. The third kappa shape index (κ3) is 6.76. The second-order valence-corrected chi connectivity index (χ2v) is 10.2. The maximum absolute atomic E-state index is 15.8. The minimum absolute atomic E-state index is 0.316. The van der Waals surface area contributed by atoms with E-state index in [1.165, 1.54) is 12.3 Å². The fourth-order valence-corrected chi connectivity index (χ4v) is 4.41. The molecule has 8 nitrogen and oxygen atoms in total. The second kappa shape index (κ2) is 12.4. The third-order valence-electron chi connectivity index (χ3n) is 6.79. The zero-order valence-electron chi connectivity index (χ0n) is 23.4. The molecule has 3 heterocycles. The molecular weight excluding hydrogens is 572 g/mol. The molecule has 5 rings (SSSR count). The molecule has 0 N–H and O–H groups in total. The topological polar surface area (TPSA) is 102 Å². The summed E-state index contributed by atoms with van der Waals surface area (Å²) in [6.45, 7) is -0.479. The monoisotopic (exact) mass is 593 g/mol. The van der Waals surface area contributed by atoms with Gasteiger partial charge in [0.1, 0.15) is 41.2 Å². The molecule has 0 fully saturated rings. The van der Waals surface area contributed by atoms with Gasteiger partial charge in [-0.15, -0.1) is 5.10 Å². The molecule has 0 spiro atoms. The molecule has 0 aliphatic carbocycles. The number of benzene rings is 2. The highest BCUT2D eigenvalue weighted by Crippen LogP contribution is 2.43. The Kier molecular flexibility index (Phi) is 8.45. The lowest BCUT2D eigenvalue weighted by Gasteiger charge is -2.27. The lowest BCUT2D eigenvalue weighted by Crippen LogP contribution is -2.34. The quantitative estimate of drug-likeness (QED) is 0.155. The first-order valence-corrected chi connectivity index (χ1v) is 13.2. The fraction of sp³-hybridized carbons (Fsp3) is 0.133. The number of halogens is 4. The lowest BCUT2D eigenvalue weighted by atomic mass is 9.61.